The molecular formula is C13H12ClN3O2S2. The molecule has 0 fully saturated rings. The van der Waals surface area contributed by atoms with Crippen molar-refractivity contribution >= 4 is 43.6 Å². The lowest BCUT2D eigenvalue weighted by atomic mass is 10.2. The molecule has 0 bridgehead atoms. The molecule has 1 aromatic carbocycles. The van der Waals surface area contributed by atoms with Gasteiger partial charge >= 0.3 is 0 Å². The Labute approximate surface area is 131 Å². The summed E-state index contributed by atoms with van der Waals surface area (Å²) in [4.78, 5) is 4.58. The average molecular weight is 342 g/mol. The van der Waals surface area contributed by atoms with E-state index in [-0.39, 0.29) is 10.2 Å². The van der Waals surface area contributed by atoms with E-state index < -0.39 is 10.0 Å². The van der Waals surface area contributed by atoms with Crippen molar-refractivity contribution in [2.45, 2.75) is 18.4 Å². The van der Waals surface area contributed by atoms with Gasteiger partial charge in [-0.15, -0.1) is 11.3 Å². The first kappa shape index (κ1) is 14.4. The minimum Gasteiger partial charge on any atom is -0.278 e. The number of nitrogens with one attached hydrogen (secondary N) is 1. The molecule has 0 aliphatic heterocycles. The molecule has 0 saturated heterocycles. The van der Waals surface area contributed by atoms with Crippen molar-refractivity contribution in [1.82, 2.24) is 9.38 Å². The van der Waals surface area contributed by atoms with Crippen molar-refractivity contribution in [3.05, 3.63) is 46.6 Å². The summed E-state index contributed by atoms with van der Waals surface area (Å²) in [5.41, 5.74) is 1.63. The predicted molar refractivity (Wildman–Crippen MR) is 84.7 cm³/mol. The zero-order chi connectivity index (χ0) is 15.0. The standard InChI is InChI=1S/C13H12ClN3O2S2/c1-2-9-3-5-10(6-4-9)16-21(18,19)12-11(14)15-13-17(12)7-8-20-13/h3-8,16H,2H2,1H3. The zero-order valence-corrected chi connectivity index (χ0v) is 13.5. The maximum Gasteiger partial charge on any atom is 0.281 e. The van der Waals surface area contributed by atoms with Gasteiger partial charge in [-0.05, 0) is 24.1 Å². The molecule has 0 aliphatic rings. The van der Waals surface area contributed by atoms with E-state index in [9.17, 15) is 8.42 Å². The molecule has 0 saturated carbocycles. The van der Waals surface area contributed by atoms with Crippen LogP contribution >= 0.6 is 22.9 Å². The van der Waals surface area contributed by atoms with Gasteiger partial charge < -0.3 is 0 Å². The summed E-state index contributed by atoms with van der Waals surface area (Å²) in [6.45, 7) is 2.04. The summed E-state index contributed by atoms with van der Waals surface area (Å²) in [6.07, 6.45) is 2.53. The topological polar surface area (TPSA) is 63.5 Å². The van der Waals surface area contributed by atoms with E-state index in [1.165, 1.54) is 15.7 Å². The molecule has 2 aromatic heterocycles. The first-order valence-corrected chi connectivity index (χ1v) is 8.98. The molecule has 0 amide bonds. The molecule has 3 rings (SSSR count). The number of halogens is 1. The second-order valence-corrected chi connectivity index (χ2v) is 7.25. The molecule has 0 atom stereocenters. The molecule has 3 aromatic rings. The maximum absolute atomic E-state index is 12.5. The monoisotopic (exact) mass is 341 g/mol. The minimum absolute atomic E-state index is 0.0282. The quantitative estimate of drug-likeness (QED) is 0.791. The lowest BCUT2D eigenvalue weighted by Crippen LogP contribution is -2.15. The number of fused-ring (bicyclic) bond motifs is 1. The van der Waals surface area contributed by atoms with Gasteiger partial charge in [-0.1, -0.05) is 30.7 Å². The second-order valence-electron chi connectivity index (χ2n) is 4.42. The highest BCUT2D eigenvalue weighted by Crippen LogP contribution is 2.27. The van der Waals surface area contributed by atoms with Gasteiger partial charge in [-0.2, -0.15) is 8.42 Å². The maximum atomic E-state index is 12.5. The van der Waals surface area contributed by atoms with E-state index in [1.807, 2.05) is 19.1 Å². The Morgan fingerprint density at radius 1 is 1.33 bits per heavy atom. The van der Waals surface area contributed by atoms with E-state index in [0.717, 1.165) is 12.0 Å². The van der Waals surface area contributed by atoms with Crippen LogP contribution < -0.4 is 4.72 Å². The average Bonchev–Trinajstić information content (AvgIpc) is 2.98. The van der Waals surface area contributed by atoms with E-state index in [0.29, 0.717) is 10.6 Å². The zero-order valence-electron chi connectivity index (χ0n) is 11.1. The van der Waals surface area contributed by atoms with Crippen LogP contribution in [0.3, 0.4) is 0 Å². The number of sulfonamides is 1. The third-order valence-electron chi connectivity index (χ3n) is 3.05. The van der Waals surface area contributed by atoms with Crippen LogP contribution in [0.1, 0.15) is 12.5 Å². The number of aryl methyl sites for hydroxylation is 1. The summed E-state index contributed by atoms with van der Waals surface area (Å²) < 4.78 is 29.0. The highest BCUT2D eigenvalue weighted by atomic mass is 35.5. The molecule has 0 spiro atoms. The molecule has 5 nitrogen and oxygen atoms in total. The van der Waals surface area contributed by atoms with Crippen molar-refractivity contribution in [3.63, 3.8) is 0 Å². The summed E-state index contributed by atoms with van der Waals surface area (Å²) in [5, 5.41) is 1.69. The Kier molecular flexibility index (Phi) is 3.64. The first-order chi connectivity index (χ1) is 10.0. The number of benzene rings is 1. The predicted octanol–water partition coefficient (Wildman–Crippen LogP) is 3.41. The van der Waals surface area contributed by atoms with E-state index in [4.69, 9.17) is 11.6 Å². The van der Waals surface area contributed by atoms with Crippen LogP contribution in [0, 0.1) is 0 Å². The lowest BCUT2D eigenvalue weighted by molar-refractivity contribution is 0.596. The fourth-order valence-electron chi connectivity index (χ4n) is 1.99. The lowest BCUT2D eigenvalue weighted by Gasteiger charge is -2.08. The van der Waals surface area contributed by atoms with Gasteiger partial charge in [0.25, 0.3) is 10.0 Å². The highest BCUT2D eigenvalue weighted by Gasteiger charge is 2.25. The fourth-order valence-corrected chi connectivity index (χ4v) is 4.51. The van der Waals surface area contributed by atoms with Crippen LogP contribution in [-0.4, -0.2) is 17.8 Å². The Morgan fingerprint density at radius 3 is 2.71 bits per heavy atom. The number of anilines is 1. The van der Waals surface area contributed by atoms with E-state index in [1.54, 1.807) is 23.7 Å². The van der Waals surface area contributed by atoms with Crippen molar-refractivity contribution in [1.29, 1.82) is 0 Å². The second kappa shape index (κ2) is 5.32. The van der Waals surface area contributed by atoms with Crippen molar-refractivity contribution in [3.8, 4) is 0 Å². The fraction of sp³-hybridized carbons (Fsp3) is 0.154. The molecule has 8 heteroatoms. The molecule has 21 heavy (non-hydrogen) atoms. The highest BCUT2D eigenvalue weighted by molar-refractivity contribution is 7.92. The molecular weight excluding hydrogens is 330 g/mol. The molecule has 110 valence electrons. The van der Waals surface area contributed by atoms with Gasteiger partial charge in [0.15, 0.2) is 15.1 Å². The largest absolute Gasteiger partial charge is 0.281 e. The number of thiazole rings is 1. The van der Waals surface area contributed by atoms with Crippen molar-refractivity contribution in [2.75, 3.05) is 4.72 Å². The number of hydrogen-bond acceptors (Lipinski definition) is 4. The van der Waals surface area contributed by atoms with Gasteiger partial charge in [0, 0.05) is 17.3 Å². The van der Waals surface area contributed by atoms with Crippen molar-refractivity contribution in [2.24, 2.45) is 0 Å². The van der Waals surface area contributed by atoms with Crippen LogP contribution in [-0.2, 0) is 16.4 Å². The Hall–Kier alpha value is -1.57. The number of aromatic nitrogens is 2. The molecule has 0 radical (unpaired) electrons. The third kappa shape index (κ3) is 2.64. The van der Waals surface area contributed by atoms with Crippen LogP contribution in [0.4, 0.5) is 5.69 Å². The number of imidazole rings is 1. The van der Waals surface area contributed by atoms with Crippen LogP contribution in [0.15, 0.2) is 40.9 Å². The molecule has 0 unspecified atom stereocenters. The summed E-state index contributed by atoms with van der Waals surface area (Å²) >= 11 is 7.29. The normalized spacial score (nSPS) is 11.9. The summed E-state index contributed by atoms with van der Waals surface area (Å²) in [7, 11) is -3.79. The van der Waals surface area contributed by atoms with Gasteiger partial charge in [0.1, 0.15) is 0 Å². The van der Waals surface area contributed by atoms with Crippen LogP contribution in [0.5, 0.6) is 0 Å². The number of rotatable bonds is 4. The smallest absolute Gasteiger partial charge is 0.278 e. The van der Waals surface area contributed by atoms with Gasteiger partial charge in [0.05, 0.1) is 0 Å². The molecule has 2 heterocycles. The van der Waals surface area contributed by atoms with Gasteiger partial charge in [-0.3, -0.25) is 9.12 Å². The number of hydrogen-bond donors (Lipinski definition) is 1. The van der Waals surface area contributed by atoms with Gasteiger partial charge in [0.2, 0.25) is 0 Å². The first-order valence-electron chi connectivity index (χ1n) is 6.24. The number of nitrogens with zero attached hydrogens (tertiary/aromatic N) is 2. The summed E-state index contributed by atoms with van der Waals surface area (Å²) in [6, 6.07) is 7.23. The van der Waals surface area contributed by atoms with Crippen molar-refractivity contribution < 1.29 is 8.42 Å². The Bertz CT molecular complexity index is 882. The third-order valence-corrected chi connectivity index (χ3v) is 5.58. The van der Waals surface area contributed by atoms with Gasteiger partial charge in [-0.25, -0.2) is 4.98 Å². The minimum atomic E-state index is -3.79. The Balaban J connectivity index is 1.99. The van der Waals surface area contributed by atoms with E-state index in [2.05, 4.69) is 9.71 Å². The Morgan fingerprint density at radius 2 is 2.05 bits per heavy atom. The van der Waals surface area contributed by atoms with Crippen LogP contribution in [0.25, 0.3) is 4.96 Å². The van der Waals surface area contributed by atoms with Crippen LogP contribution in [0.2, 0.25) is 5.15 Å². The molecule has 1 N–H and O–H groups in total. The van der Waals surface area contributed by atoms with E-state index >= 15 is 0 Å². The molecule has 0 aliphatic carbocycles. The SMILES string of the molecule is CCc1ccc(NS(=O)(=O)c2c(Cl)nc3sccn23)cc1. The summed E-state index contributed by atoms with van der Waals surface area (Å²) in [5.74, 6) is 0.